The van der Waals surface area contributed by atoms with Crippen LogP contribution in [0.3, 0.4) is 0 Å². The number of rotatable bonds is 4. The minimum atomic E-state index is -0.221. The number of carbonyl (C=O) groups is 1. The second-order valence-electron chi connectivity index (χ2n) is 7.87. The number of aryl methyl sites for hydroxylation is 1. The molecule has 0 saturated heterocycles. The van der Waals surface area contributed by atoms with Crippen molar-refractivity contribution >= 4 is 5.91 Å². The van der Waals surface area contributed by atoms with Crippen molar-refractivity contribution in [2.24, 2.45) is 17.8 Å². The monoisotopic (exact) mass is 301 g/mol. The number of carbonyl (C=O) groups excluding carboxylic acids is 1. The summed E-state index contributed by atoms with van der Waals surface area (Å²) in [5.41, 5.74) is 1.14. The van der Waals surface area contributed by atoms with Gasteiger partial charge in [-0.15, -0.1) is 0 Å². The number of hydrogen-bond acceptors (Lipinski definition) is 1. The number of amides is 1. The maximum absolute atomic E-state index is 12.9. The quantitative estimate of drug-likeness (QED) is 0.899. The Bertz CT molecular complexity index is 530. The molecule has 0 aliphatic heterocycles. The van der Waals surface area contributed by atoms with Gasteiger partial charge in [-0.3, -0.25) is 4.79 Å². The van der Waals surface area contributed by atoms with Gasteiger partial charge in [0.1, 0.15) is 5.82 Å². The van der Waals surface area contributed by atoms with Crippen molar-refractivity contribution in [2.75, 3.05) is 0 Å². The second-order valence-corrected chi connectivity index (χ2v) is 7.87. The van der Waals surface area contributed by atoms with Gasteiger partial charge < -0.3 is 5.32 Å². The van der Waals surface area contributed by atoms with Crippen molar-refractivity contribution in [3.05, 3.63) is 35.6 Å². The largest absolute Gasteiger partial charge is 0.351 e. The standard InChI is InChI=1S/C19H24FNO/c20-17-4-1-13(2-5-17)3-6-18(22)21-19-10-14-7-15(11-19)9-16(8-14)12-19/h1-2,4-5,14-16H,3,6-12H2,(H,21,22). The third-order valence-electron chi connectivity index (χ3n) is 6.00. The van der Waals surface area contributed by atoms with Crippen LogP contribution in [-0.4, -0.2) is 11.4 Å². The van der Waals surface area contributed by atoms with Crippen LogP contribution in [0.5, 0.6) is 0 Å². The van der Waals surface area contributed by atoms with Crippen LogP contribution in [-0.2, 0) is 11.2 Å². The van der Waals surface area contributed by atoms with E-state index in [1.165, 1.54) is 50.7 Å². The van der Waals surface area contributed by atoms with Crippen molar-refractivity contribution < 1.29 is 9.18 Å². The van der Waals surface area contributed by atoms with Crippen LogP contribution in [0, 0.1) is 23.6 Å². The Morgan fingerprint density at radius 2 is 1.59 bits per heavy atom. The van der Waals surface area contributed by atoms with E-state index in [1.54, 1.807) is 12.1 Å². The number of halogens is 1. The predicted molar refractivity (Wildman–Crippen MR) is 83.8 cm³/mol. The van der Waals surface area contributed by atoms with Crippen LogP contribution in [0.4, 0.5) is 4.39 Å². The van der Waals surface area contributed by atoms with Crippen molar-refractivity contribution in [3.8, 4) is 0 Å². The predicted octanol–water partition coefficient (Wildman–Crippen LogP) is 3.84. The van der Waals surface area contributed by atoms with Crippen molar-refractivity contribution in [1.29, 1.82) is 0 Å². The molecule has 1 amide bonds. The summed E-state index contributed by atoms with van der Waals surface area (Å²) in [5, 5.41) is 3.39. The van der Waals surface area contributed by atoms with Gasteiger partial charge in [-0.2, -0.15) is 0 Å². The summed E-state index contributed by atoms with van der Waals surface area (Å²) in [5.74, 6) is 2.50. The summed E-state index contributed by atoms with van der Waals surface area (Å²) in [6.07, 6.45) is 8.97. The van der Waals surface area contributed by atoms with Gasteiger partial charge in [0, 0.05) is 12.0 Å². The highest BCUT2D eigenvalue weighted by Gasteiger charge is 2.51. The minimum absolute atomic E-state index is 0.106. The van der Waals surface area contributed by atoms with Crippen molar-refractivity contribution in [1.82, 2.24) is 5.32 Å². The molecule has 1 aromatic rings. The summed E-state index contributed by atoms with van der Waals surface area (Å²) in [6.45, 7) is 0. The molecular formula is C19H24FNO. The molecule has 4 aliphatic carbocycles. The van der Waals surface area contributed by atoms with E-state index in [2.05, 4.69) is 5.32 Å². The lowest BCUT2D eigenvalue weighted by atomic mass is 9.53. The normalized spacial score (nSPS) is 35.6. The SMILES string of the molecule is O=C(CCc1ccc(F)cc1)NC12CC3CC(CC(C3)C1)C2. The van der Waals surface area contributed by atoms with Crippen LogP contribution in [0.25, 0.3) is 0 Å². The zero-order valence-corrected chi connectivity index (χ0v) is 13.0. The Labute approximate surface area is 131 Å². The lowest BCUT2D eigenvalue weighted by molar-refractivity contribution is -0.126. The van der Waals surface area contributed by atoms with E-state index in [9.17, 15) is 9.18 Å². The number of benzene rings is 1. The lowest BCUT2D eigenvalue weighted by Crippen LogP contribution is -2.59. The van der Waals surface area contributed by atoms with Gasteiger partial charge in [0.2, 0.25) is 5.91 Å². The summed E-state index contributed by atoms with van der Waals surface area (Å²) in [6, 6.07) is 6.47. The van der Waals surface area contributed by atoms with Gasteiger partial charge >= 0.3 is 0 Å². The Morgan fingerprint density at radius 1 is 1.05 bits per heavy atom. The fourth-order valence-corrected chi connectivity index (χ4v) is 5.53. The Hall–Kier alpha value is -1.38. The highest BCUT2D eigenvalue weighted by molar-refractivity contribution is 5.77. The fraction of sp³-hybridized carbons (Fsp3) is 0.632. The number of hydrogen-bond donors (Lipinski definition) is 1. The summed E-state index contributed by atoms with van der Waals surface area (Å²) in [4.78, 5) is 12.4. The Kier molecular flexibility index (Phi) is 3.47. The molecule has 0 heterocycles. The molecule has 4 fully saturated rings. The molecule has 4 bridgehead atoms. The zero-order chi connectivity index (χ0) is 15.2. The molecule has 118 valence electrons. The molecule has 1 N–H and O–H groups in total. The van der Waals surface area contributed by atoms with E-state index < -0.39 is 0 Å². The van der Waals surface area contributed by atoms with Crippen LogP contribution in [0.2, 0.25) is 0 Å². The van der Waals surface area contributed by atoms with Gasteiger partial charge in [-0.1, -0.05) is 12.1 Å². The molecule has 2 nitrogen and oxygen atoms in total. The number of nitrogens with one attached hydrogen (secondary N) is 1. The molecule has 4 aliphatic rings. The van der Waals surface area contributed by atoms with E-state index in [-0.39, 0.29) is 17.3 Å². The smallest absolute Gasteiger partial charge is 0.220 e. The summed E-state index contributed by atoms with van der Waals surface area (Å²) in [7, 11) is 0. The van der Waals surface area contributed by atoms with Crippen LogP contribution in [0.15, 0.2) is 24.3 Å². The van der Waals surface area contributed by atoms with Gasteiger partial charge in [0.05, 0.1) is 0 Å². The molecule has 5 rings (SSSR count). The Morgan fingerprint density at radius 3 is 2.14 bits per heavy atom. The molecule has 1 aromatic carbocycles. The highest BCUT2D eigenvalue weighted by atomic mass is 19.1. The molecule has 0 atom stereocenters. The van der Waals surface area contributed by atoms with E-state index in [0.717, 1.165) is 23.3 Å². The van der Waals surface area contributed by atoms with Gasteiger partial charge in [-0.25, -0.2) is 4.39 Å². The van der Waals surface area contributed by atoms with Gasteiger partial charge in [-0.05, 0) is 80.4 Å². The first-order valence-corrected chi connectivity index (χ1v) is 8.66. The maximum Gasteiger partial charge on any atom is 0.220 e. The third-order valence-corrected chi connectivity index (χ3v) is 6.00. The van der Waals surface area contributed by atoms with Gasteiger partial charge in [0.15, 0.2) is 0 Å². The molecule has 0 spiro atoms. The topological polar surface area (TPSA) is 29.1 Å². The minimum Gasteiger partial charge on any atom is -0.351 e. The average Bonchev–Trinajstić information content (AvgIpc) is 2.44. The van der Waals surface area contributed by atoms with Gasteiger partial charge in [0.25, 0.3) is 0 Å². The molecule has 0 aromatic heterocycles. The molecule has 3 heteroatoms. The second kappa shape index (κ2) is 5.36. The van der Waals surface area contributed by atoms with Crippen LogP contribution in [0.1, 0.15) is 50.5 Å². The molecule has 0 unspecified atom stereocenters. The first kappa shape index (κ1) is 14.2. The Balaban J connectivity index is 1.35. The summed E-state index contributed by atoms with van der Waals surface area (Å²) < 4.78 is 12.9. The molecule has 4 saturated carbocycles. The molecular weight excluding hydrogens is 277 g/mol. The van der Waals surface area contributed by atoms with E-state index >= 15 is 0 Å². The average molecular weight is 301 g/mol. The first-order chi connectivity index (χ1) is 10.6. The first-order valence-electron chi connectivity index (χ1n) is 8.66. The lowest BCUT2D eigenvalue weighted by Gasteiger charge is -2.56. The van der Waals surface area contributed by atoms with Crippen LogP contribution >= 0.6 is 0 Å². The van der Waals surface area contributed by atoms with Crippen molar-refractivity contribution in [2.45, 2.75) is 56.9 Å². The third kappa shape index (κ3) is 2.78. The van der Waals surface area contributed by atoms with Crippen molar-refractivity contribution in [3.63, 3.8) is 0 Å². The molecule has 0 radical (unpaired) electrons. The van der Waals surface area contributed by atoms with E-state index in [1.807, 2.05) is 0 Å². The highest BCUT2D eigenvalue weighted by Crippen LogP contribution is 2.55. The fourth-order valence-electron chi connectivity index (χ4n) is 5.53. The summed E-state index contributed by atoms with van der Waals surface area (Å²) >= 11 is 0. The molecule has 22 heavy (non-hydrogen) atoms. The van der Waals surface area contributed by atoms with E-state index in [4.69, 9.17) is 0 Å². The van der Waals surface area contributed by atoms with E-state index in [0.29, 0.717) is 12.8 Å². The maximum atomic E-state index is 12.9. The van der Waals surface area contributed by atoms with Crippen LogP contribution < -0.4 is 5.32 Å². The zero-order valence-electron chi connectivity index (χ0n) is 13.0.